The van der Waals surface area contributed by atoms with Crippen molar-refractivity contribution in [3.8, 4) is 17.2 Å². The number of phenolic OH excluding ortho intramolecular Hbond substituents is 1. The van der Waals surface area contributed by atoms with Crippen LogP contribution < -0.4 is 14.8 Å². The second-order valence-electron chi connectivity index (χ2n) is 11.7. The zero-order chi connectivity index (χ0) is 28.9. The monoisotopic (exact) mass is 565 g/mol. The first kappa shape index (κ1) is 27.3. The second kappa shape index (κ2) is 10.5. The van der Waals surface area contributed by atoms with E-state index >= 15 is 0 Å². The van der Waals surface area contributed by atoms with Gasteiger partial charge in [-0.05, 0) is 85.8 Å². The molecule has 2 aliphatic carbocycles. The number of ketones is 1. The van der Waals surface area contributed by atoms with Gasteiger partial charge >= 0.3 is 12.3 Å². The van der Waals surface area contributed by atoms with E-state index in [1.807, 2.05) is 6.07 Å². The number of hydrogen-bond acceptors (Lipinski definition) is 7. The molecule has 2 aromatic carbocycles. The van der Waals surface area contributed by atoms with Crippen molar-refractivity contribution < 1.29 is 37.7 Å². The molecule has 2 unspecified atom stereocenters. The smallest absolute Gasteiger partial charge is 0.508 e. The Hall–Kier alpha value is -3.88. The number of benzene rings is 2. The van der Waals surface area contributed by atoms with E-state index in [2.05, 4.69) is 28.6 Å². The van der Waals surface area contributed by atoms with Gasteiger partial charge < -0.3 is 24.6 Å². The number of halogens is 2. The van der Waals surface area contributed by atoms with Crippen LogP contribution in [0.2, 0.25) is 0 Å². The Balaban J connectivity index is 1.40. The molecule has 41 heavy (non-hydrogen) atoms. The Morgan fingerprint density at radius 1 is 1.07 bits per heavy atom. The van der Waals surface area contributed by atoms with Gasteiger partial charge in [0.25, 0.3) is 0 Å². The van der Waals surface area contributed by atoms with Crippen LogP contribution >= 0.6 is 0 Å². The molecule has 2 atom stereocenters. The van der Waals surface area contributed by atoms with Gasteiger partial charge in [0, 0.05) is 29.3 Å². The summed E-state index contributed by atoms with van der Waals surface area (Å²) in [5.74, 6) is -1.47. The molecule has 0 aromatic heterocycles. The number of nitrogens with one attached hydrogen (secondary N) is 1. The summed E-state index contributed by atoms with van der Waals surface area (Å²) in [6.07, 6.45) is 0.887. The van der Waals surface area contributed by atoms with Crippen LogP contribution in [-0.4, -0.2) is 29.3 Å². The van der Waals surface area contributed by atoms with Crippen molar-refractivity contribution in [2.75, 3.05) is 0 Å². The topological polar surface area (TPSA) is 94.1 Å². The zero-order valence-corrected chi connectivity index (χ0v) is 23.0. The number of alkyl halides is 2. The van der Waals surface area contributed by atoms with Crippen LogP contribution in [0.15, 0.2) is 65.0 Å². The fourth-order valence-corrected chi connectivity index (χ4v) is 6.48. The van der Waals surface area contributed by atoms with Gasteiger partial charge in [0.2, 0.25) is 0 Å². The molecule has 1 saturated carbocycles. The standard InChI is InChI=1S/C32H33F2NO6/c1-17(2)12-23-30(31(38)39-22-8-3-4-9-22)28(19-6-5-7-21(36)13-19)29-24(35-23)14-20(15-25(29)37)18-10-11-26-27(16-18)41-32(33,34)40-26/h5-7,10-11,13,16-17,20,22,28,35-36H,3-4,8-9,12,14-15H2,1-2H3. The molecule has 2 heterocycles. The van der Waals surface area contributed by atoms with Crippen LogP contribution in [0, 0.1) is 5.92 Å². The van der Waals surface area contributed by atoms with Gasteiger partial charge in [-0.1, -0.05) is 32.0 Å². The van der Waals surface area contributed by atoms with Crippen molar-refractivity contribution in [2.45, 2.75) is 83.0 Å². The third-order valence-corrected chi connectivity index (χ3v) is 8.22. The highest BCUT2D eigenvalue weighted by Gasteiger charge is 2.45. The molecule has 2 aromatic rings. The molecule has 0 bridgehead atoms. The molecule has 0 radical (unpaired) electrons. The van der Waals surface area contributed by atoms with Gasteiger partial charge in [0.15, 0.2) is 17.3 Å². The van der Waals surface area contributed by atoms with Gasteiger partial charge in [-0.25, -0.2) is 4.79 Å². The van der Waals surface area contributed by atoms with Crippen molar-refractivity contribution >= 4 is 11.8 Å². The minimum Gasteiger partial charge on any atom is -0.508 e. The predicted molar refractivity (Wildman–Crippen MR) is 145 cm³/mol. The number of aromatic hydroxyl groups is 1. The normalized spacial score (nSPS) is 23.6. The quantitative estimate of drug-likeness (QED) is 0.382. The largest absolute Gasteiger partial charge is 0.586 e. The zero-order valence-electron chi connectivity index (χ0n) is 23.0. The van der Waals surface area contributed by atoms with E-state index in [9.17, 15) is 23.5 Å². The summed E-state index contributed by atoms with van der Waals surface area (Å²) in [4.78, 5) is 27.8. The molecular formula is C32H33F2NO6. The summed E-state index contributed by atoms with van der Waals surface area (Å²) in [7, 11) is 0. The Morgan fingerprint density at radius 2 is 1.83 bits per heavy atom. The maximum absolute atomic E-state index is 13.9. The third kappa shape index (κ3) is 5.42. The molecule has 0 saturated heterocycles. The molecule has 4 aliphatic rings. The summed E-state index contributed by atoms with van der Waals surface area (Å²) in [6.45, 7) is 4.11. The number of rotatable bonds is 6. The lowest BCUT2D eigenvalue weighted by atomic mass is 9.71. The molecule has 2 aliphatic heterocycles. The third-order valence-electron chi connectivity index (χ3n) is 8.22. The Labute approximate surface area is 237 Å². The molecule has 7 nitrogen and oxygen atoms in total. The van der Waals surface area contributed by atoms with Gasteiger partial charge in [0.1, 0.15) is 11.9 Å². The highest BCUT2D eigenvalue weighted by atomic mass is 19.3. The number of esters is 1. The number of phenols is 1. The highest BCUT2D eigenvalue weighted by molar-refractivity contribution is 6.04. The SMILES string of the molecule is CC(C)CC1=C(C(=O)OC2CCCC2)C(c2cccc(O)c2)C2=C(CC(c3ccc4c(c3)OC(F)(F)O4)CC2=O)N1. The molecule has 2 N–H and O–H groups in total. The second-order valence-corrected chi connectivity index (χ2v) is 11.7. The van der Waals surface area contributed by atoms with E-state index in [-0.39, 0.29) is 47.4 Å². The van der Waals surface area contributed by atoms with Crippen molar-refractivity contribution in [3.63, 3.8) is 0 Å². The fourth-order valence-electron chi connectivity index (χ4n) is 6.48. The van der Waals surface area contributed by atoms with Crippen LogP contribution in [0.1, 0.15) is 81.8 Å². The number of allylic oxidation sites excluding steroid dienone is 3. The molecule has 1 fully saturated rings. The molecule has 216 valence electrons. The van der Waals surface area contributed by atoms with E-state index in [1.54, 1.807) is 24.3 Å². The first-order chi connectivity index (χ1) is 19.6. The van der Waals surface area contributed by atoms with Crippen LogP contribution in [0.3, 0.4) is 0 Å². The van der Waals surface area contributed by atoms with Gasteiger partial charge in [-0.3, -0.25) is 4.79 Å². The maximum atomic E-state index is 13.9. The van der Waals surface area contributed by atoms with Gasteiger partial charge in [0.05, 0.1) is 5.57 Å². The maximum Gasteiger partial charge on any atom is 0.586 e. The van der Waals surface area contributed by atoms with E-state index in [4.69, 9.17) is 4.74 Å². The number of carbonyl (C=O) groups excluding carboxylic acids is 2. The average molecular weight is 566 g/mol. The lowest BCUT2D eigenvalue weighted by molar-refractivity contribution is -0.286. The molecular weight excluding hydrogens is 532 g/mol. The number of hydrogen-bond donors (Lipinski definition) is 2. The van der Waals surface area contributed by atoms with E-state index in [1.165, 1.54) is 12.1 Å². The van der Waals surface area contributed by atoms with Crippen LogP contribution in [0.4, 0.5) is 8.78 Å². The number of ether oxygens (including phenoxy) is 3. The highest BCUT2D eigenvalue weighted by Crippen LogP contribution is 2.49. The van der Waals surface area contributed by atoms with Crippen molar-refractivity contribution in [1.82, 2.24) is 5.32 Å². The number of carbonyl (C=O) groups is 2. The van der Waals surface area contributed by atoms with Crippen molar-refractivity contribution in [2.24, 2.45) is 5.92 Å². The summed E-state index contributed by atoms with van der Waals surface area (Å²) < 4.78 is 42.4. The summed E-state index contributed by atoms with van der Waals surface area (Å²) >= 11 is 0. The molecule has 9 heteroatoms. The first-order valence-corrected chi connectivity index (χ1v) is 14.2. The lowest BCUT2D eigenvalue weighted by Gasteiger charge is -2.38. The van der Waals surface area contributed by atoms with Crippen molar-refractivity contribution in [1.29, 1.82) is 0 Å². The Morgan fingerprint density at radius 3 is 2.56 bits per heavy atom. The van der Waals surface area contributed by atoms with Crippen LogP contribution in [0.25, 0.3) is 0 Å². The first-order valence-electron chi connectivity index (χ1n) is 14.2. The number of fused-ring (bicyclic) bond motifs is 1. The average Bonchev–Trinajstić information content (AvgIpc) is 3.52. The van der Waals surface area contributed by atoms with Crippen LogP contribution in [-0.2, 0) is 14.3 Å². The van der Waals surface area contributed by atoms with Crippen LogP contribution in [0.5, 0.6) is 17.2 Å². The minimum atomic E-state index is -3.72. The van der Waals surface area contributed by atoms with E-state index in [0.29, 0.717) is 46.5 Å². The van der Waals surface area contributed by atoms with E-state index in [0.717, 1.165) is 25.7 Å². The number of Topliss-reactive ketones (excluding diaryl/α,β-unsaturated/α-hetero) is 1. The minimum absolute atomic E-state index is 0.0374. The molecule has 0 spiro atoms. The van der Waals surface area contributed by atoms with Gasteiger partial charge in [-0.15, -0.1) is 8.78 Å². The molecule has 0 amide bonds. The molecule has 6 rings (SSSR count). The predicted octanol–water partition coefficient (Wildman–Crippen LogP) is 6.59. The summed E-state index contributed by atoms with van der Waals surface area (Å²) in [5.41, 5.74) is 3.60. The lowest BCUT2D eigenvalue weighted by Crippen LogP contribution is -2.37. The Bertz CT molecular complexity index is 1460. The summed E-state index contributed by atoms with van der Waals surface area (Å²) in [6, 6.07) is 11.3. The van der Waals surface area contributed by atoms with Crippen molar-refractivity contribution in [3.05, 3.63) is 76.1 Å². The fraction of sp³-hybridized carbons (Fsp3) is 0.438. The summed E-state index contributed by atoms with van der Waals surface area (Å²) in [5, 5.41) is 13.8. The Kier molecular flexibility index (Phi) is 6.99. The van der Waals surface area contributed by atoms with Gasteiger partial charge in [-0.2, -0.15) is 0 Å². The van der Waals surface area contributed by atoms with E-state index < -0.39 is 18.2 Å². The number of dihydropyridines is 1.